The van der Waals surface area contributed by atoms with Crippen LogP contribution in [0.15, 0.2) is 108 Å². The van der Waals surface area contributed by atoms with E-state index in [4.69, 9.17) is 9.47 Å². The summed E-state index contributed by atoms with van der Waals surface area (Å²) in [7, 11) is -0.390. The van der Waals surface area contributed by atoms with Gasteiger partial charge in [0.15, 0.2) is 0 Å². The van der Waals surface area contributed by atoms with Crippen LogP contribution >= 0.6 is 0 Å². The van der Waals surface area contributed by atoms with Crippen LogP contribution in [0.5, 0.6) is 11.5 Å². The van der Waals surface area contributed by atoms with Gasteiger partial charge in [-0.05, 0) is 65.1 Å². The summed E-state index contributed by atoms with van der Waals surface area (Å²) in [6.45, 7) is 2.48. The third-order valence-electron chi connectivity index (χ3n) is 7.33. The van der Waals surface area contributed by atoms with Gasteiger partial charge in [-0.15, -0.1) is 0 Å². The molecule has 0 aliphatic heterocycles. The Morgan fingerprint density at radius 1 is 0.756 bits per heavy atom. The lowest BCUT2D eigenvalue weighted by Crippen LogP contribution is -2.43. The maximum atomic E-state index is 14.0. The number of hydrogen-bond donors (Lipinski definition) is 2. The Balaban J connectivity index is 1.60. The molecule has 4 aromatic carbocycles. The number of ether oxygens (including phenoxy) is 2. The van der Waals surface area contributed by atoms with Crippen molar-refractivity contribution in [3.8, 4) is 11.5 Å². The molecule has 0 bridgehead atoms. The maximum absolute atomic E-state index is 14.0. The normalized spacial score (nSPS) is 11.8. The highest BCUT2D eigenvalue weighted by atomic mass is 32.2. The van der Waals surface area contributed by atoms with E-state index in [2.05, 4.69) is 10.0 Å². The molecular weight excluding hydrogens is 590 g/mol. The first kappa shape index (κ1) is 33.2. The highest BCUT2D eigenvalue weighted by Gasteiger charge is 2.31. The summed E-state index contributed by atoms with van der Waals surface area (Å²) in [5, 5.41) is 3.02. The Bertz CT molecular complexity index is 1640. The first-order chi connectivity index (χ1) is 21.7. The largest absolute Gasteiger partial charge is 0.497 e. The number of rotatable bonds is 15. The molecule has 2 amide bonds. The summed E-state index contributed by atoms with van der Waals surface area (Å²) in [4.78, 5) is 29.7. The van der Waals surface area contributed by atoms with E-state index in [9.17, 15) is 18.0 Å². The van der Waals surface area contributed by atoms with Crippen molar-refractivity contribution >= 4 is 21.8 Å². The fourth-order valence-corrected chi connectivity index (χ4v) is 5.93. The third-order valence-corrected chi connectivity index (χ3v) is 8.89. The highest BCUT2D eigenvalue weighted by molar-refractivity contribution is 7.89. The summed E-state index contributed by atoms with van der Waals surface area (Å²) in [6, 6.07) is 29.7. The van der Waals surface area contributed by atoms with Gasteiger partial charge >= 0.3 is 0 Å². The van der Waals surface area contributed by atoms with E-state index in [0.29, 0.717) is 24.3 Å². The Hall–Kier alpha value is -4.67. The number of sulfonamides is 1. The molecule has 0 unspecified atom stereocenters. The summed E-state index contributed by atoms with van der Waals surface area (Å²) in [6.07, 6.45) is 0.485. The molecule has 236 valence electrons. The van der Waals surface area contributed by atoms with Gasteiger partial charge in [-0.25, -0.2) is 13.1 Å². The van der Waals surface area contributed by atoms with Crippen molar-refractivity contribution < 1.29 is 27.5 Å². The molecular formula is C35H39N3O6S. The number of nitrogens with one attached hydrogen (secondary N) is 2. The highest BCUT2D eigenvalue weighted by Crippen LogP contribution is 2.26. The lowest BCUT2D eigenvalue weighted by atomic mass is 10.0. The SMILES string of the molecule is CCNS(=O)(=O)c1ccc(CCC(=O)N(Cc2ccc(OC)cc2)[C@@H](C(=O)NCc2ccc(OC)cc2)c2ccccc2)cc1. The van der Waals surface area contributed by atoms with Crippen LogP contribution in [-0.4, -0.2) is 45.9 Å². The Morgan fingerprint density at radius 2 is 1.31 bits per heavy atom. The summed E-state index contributed by atoms with van der Waals surface area (Å²) >= 11 is 0. The van der Waals surface area contributed by atoms with Crippen LogP contribution in [0, 0.1) is 0 Å². The van der Waals surface area contributed by atoms with Crippen LogP contribution in [0.4, 0.5) is 0 Å². The third kappa shape index (κ3) is 9.17. The second-order valence-electron chi connectivity index (χ2n) is 10.4. The zero-order valence-corrected chi connectivity index (χ0v) is 26.5. The zero-order valence-electron chi connectivity index (χ0n) is 25.7. The average molecular weight is 630 g/mol. The molecule has 0 aromatic heterocycles. The molecule has 10 heteroatoms. The predicted molar refractivity (Wildman–Crippen MR) is 173 cm³/mol. The van der Waals surface area contributed by atoms with Crippen LogP contribution in [0.3, 0.4) is 0 Å². The van der Waals surface area contributed by atoms with Gasteiger partial charge in [0.25, 0.3) is 0 Å². The molecule has 0 aliphatic rings. The maximum Gasteiger partial charge on any atom is 0.247 e. The lowest BCUT2D eigenvalue weighted by Gasteiger charge is -2.32. The molecule has 4 aromatic rings. The van der Waals surface area contributed by atoms with E-state index in [-0.39, 0.29) is 36.2 Å². The number of carbonyl (C=O) groups is 2. The summed E-state index contributed by atoms with van der Waals surface area (Å²) < 4.78 is 37.7. The quantitative estimate of drug-likeness (QED) is 0.191. The van der Waals surface area contributed by atoms with Gasteiger partial charge in [-0.1, -0.05) is 73.7 Å². The molecule has 2 N–H and O–H groups in total. The number of aryl methyl sites for hydroxylation is 1. The minimum absolute atomic E-state index is 0.116. The predicted octanol–water partition coefficient (Wildman–Crippen LogP) is 5.02. The van der Waals surface area contributed by atoms with E-state index in [1.54, 1.807) is 38.2 Å². The van der Waals surface area contributed by atoms with Gasteiger partial charge in [0, 0.05) is 26.1 Å². The fourth-order valence-electron chi connectivity index (χ4n) is 4.89. The van der Waals surface area contributed by atoms with Gasteiger partial charge in [0.1, 0.15) is 17.5 Å². The van der Waals surface area contributed by atoms with E-state index < -0.39 is 16.1 Å². The standard InChI is InChI=1S/C35H39N3O6S/c1-4-37-45(41,42)32-21-14-26(15-22-32)16-23-33(39)38(25-28-12-19-31(44-3)20-13-28)34(29-8-6-5-7-9-29)35(40)36-24-27-10-17-30(43-2)18-11-27/h5-15,17-22,34,37H,4,16,23-25H2,1-3H3,(H,36,40)/t34-/m1/s1. The van der Waals surface area contributed by atoms with Gasteiger partial charge in [0.2, 0.25) is 21.8 Å². The first-order valence-electron chi connectivity index (χ1n) is 14.7. The van der Waals surface area contributed by atoms with Crippen molar-refractivity contribution in [2.45, 2.75) is 43.8 Å². The molecule has 45 heavy (non-hydrogen) atoms. The Labute approximate surface area is 265 Å². The van der Waals surface area contributed by atoms with Crippen LogP contribution < -0.4 is 19.5 Å². The average Bonchev–Trinajstić information content (AvgIpc) is 3.07. The number of amides is 2. The molecule has 1 atom stereocenters. The molecule has 0 radical (unpaired) electrons. The van der Waals surface area contributed by atoms with Gasteiger partial charge in [-0.3, -0.25) is 9.59 Å². The van der Waals surface area contributed by atoms with Crippen LogP contribution in [0.25, 0.3) is 0 Å². The monoisotopic (exact) mass is 629 g/mol. The van der Waals surface area contributed by atoms with E-state index in [1.165, 1.54) is 12.1 Å². The Morgan fingerprint density at radius 3 is 1.87 bits per heavy atom. The van der Waals surface area contributed by atoms with Crippen molar-refractivity contribution in [3.05, 3.63) is 125 Å². The van der Waals surface area contributed by atoms with Gasteiger partial charge in [-0.2, -0.15) is 0 Å². The molecule has 0 spiro atoms. The number of nitrogens with zero attached hydrogens (tertiary/aromatic N) is 1. The van der Waals surface area contributed by atoms with E-state index in [1.807, 2.05) is 78.9 Å². The van der Waals surface area contributed by atoms with Crippen LogP contribution in [0.1, 0.15) is 41.6 Å². The summed E-state index contributed by atoms with van der Waals surface area (Å²) in [5.74, 6) is 0.881. The number of carbonyl (C=O) groups excluding carboxylic acids is 2. The van der Waals surface area contributed by atoms with Gasteiger partial charge < -0.3 is 19.7 Å². The van der Waals surface area contributed by atoms with Crippen molar-refractivity contribution in [2.75, 3.05) is 20.8 Å². The molecule has 4 rings (SSSR count). The zero-order chi connectivity index (χ0) is 32.2. The minimum Gasteiger partial charge on any atom is -0.497 e. The van der Waals surface area contributed by atoms with Crippen molar-refractivity contribution in [3.63, 3.8) is 0 Å². The van der Waals surface area contributed by atoms with Gasteiger partial charge in [0.05, 0.1) is 19.1 Å². The second-order valence-corrected chi connectivity index (χ2v) is 12.2. The molecule has 0 fully saturated rings. The number of benzene rings is 4. The molecule has 0 heterocycles. The molecule has 0 aliphatic carbocycles. The lowest BCUT2D eigenvalue weighted by molar-refractivity contribution is -0.141. The van der Waals surface area contributed by atoms with E-state index in [0.717, 1.165) is 22.4 Å². The van der Waals surface area contributed by atoms with Crippen molar-refractivity contribution in [2.24, 2.45) is 0 Å². The molecule has 9 nitrogen and oxygen atoms in total. The van der Waals surface area contributed by atoms with Crippen molar-refractivity contribution in [1.82, 2.24) is 14.9 Å². The van der Waals surface area contributed by atoms with Crippen LogP contribution in [0.2, 0.25) is 0 Å². The van der Waals surface area contributed by atoms with Crippen LogP contribution in [-0.2, 0) is 39.1 Å². The number of hydrogen-bond acceptors (Lipinski definition) is 6. The van der Waals surface area contributed by atoms with E-state index >= 15 is 0 Å². The fraction of sp³-hybridized carbons (Fsp3) is 0.257. The second kappa shape index (κ2) is 15.9. The topological polar surface area (TPSA) is 114 Å². The van der Waals surface area contributed by atoms with Crippen molar-refractivity contribution in [1.29, 1.82) is 0 Å². The summed E-state index contributed by atoms with van der Waals surface area (Å²) in [5.41, 5.74) is 3.22. The first-order valence-corrected chi connectivity index (χ1v) is 16.2. The smallest absolute Gasteiger partial charge is 0.247 e. The molecule has 0 saturated carbocycles. The number of methoxy groups -OCH3 is 2. The molecule has 0 saturated heterocycles. The Kier molecular flexibility index (Phi) is 11.7. The minimum atomic E-state index is -3.58.